The van der Waals surface area contributed by atoms with E-state index in [9.17, 15) is 0 Å². The van der Waals surface area contributed by atoms with Crippen molar-refractivity contribution < 1.29 is 0 Å². The van der Waals surface area contributed by atoms with Crippen LogP contribution in [0, 0.1) is 0 Å². The normalized spacial score (nSPS) is 20.3. The Hall–Kier alpha value is 0.300. The molecule has 0 spiro atoms. The van der Waals surface area contributed by atoms with Crippen LogP contribution in [0.1, 0.15) is 18.0 Å². The number of nitrogens with two attached hydrogens (primary N) is 1. The van der Waals surface area contributed by atoms with E-state index in [1.165, 1.54) is 10.5 Å². The van der Waals surface area contributed by atoms with E-state index in [0.29, 0.717) is 0 Å². The van der Waals surface area contributed by atoms with Crippen LogP contribution in [0.25, 0.3) is 0 Å². The molecule has 1 aromatic rings. The van der Waals surface area contributed by atoms with Gasteiger partial charge < -0.3 is 5.73 Å². The second-order valence-corrected chi connectivity index (χ2v) is 4.98. The van der Waals surface area contributed by atoms with Gasteiger partial charge in [-0.3, -0.25) is 0 Å². The molecule has 72 valence electrons. The van der Waals surface area contributed by atoms with E-state index in [1.807, 2.05) is 11.8 Å². The van der Waals surface area contributed by atoms with Crippen LogP contribution in [0.2, 0.25) is 0 Å². The highest BCUT2D eigenvalue weighted by Gasteiger charge is 2.16. The standard InChI is InChI=1S/C9H10BrNS.ClH/c10-6-1-2-9-7(5-6)8(11)3-4-12-9;/h1-2,5,8H,3-4,11H2;1H. The summed E-state index contributed by atoms with van der Waals surface area (Å²) in [7, 11) is 0. The molecule has 1 unspecified atom stereocenters. The Morgan fingerprint density at radius 2 is 2.23 bits per heavy atom. The van der Waals surface area contributed by atoms with Gasteiger partial charge in [0.25, 0.3) is 0 Å². The zero-order chi connectivity index (χ0) is 8.55. The van der Waals surface area contributed by atoms with Crippen LogP contribution in [0.5, 0.6) is 0 Å². The molecule has 0 saturated heterocycles. The van der Waals surface area contributed by atoms with Crippen LogP contribution in [0.4, 0.5) is 0 Å². The predicted molar refractivity (Wildman–Crippen MR) is 63.7 cm³/mol. The lowest BCUT2D eigenvalue weighted by Crippen LogP contribution is -2.15. The predicted octanol–water partition coefficient (Wildman–Crippen LogP) is 3.37. The van der Waals surface area contributed by atoms with E-state index in [2.05, 4.69) is 34.1 Å². The second-order valence-electron chi connectivity index (χ2n) is 2.93. The molecule has 2 rings (SSSR count). The van der Waals surface area contributed by atoms with Crippen LogP contribution >= 0.6 is 40.1 Å². The van der Waals surface area contributed by atoms with E-state index in [4.69, 9.17) is 5.73 Å². The Balaban J connectivity index is 0.000000845. The number of hydrogen-bond donors (Lipinski definition) is 1. The first-order valence-electron chi connectivity index (χ1n) is 3.95. The van der Waals surface area contributed by atoms with Crippen molar-refractivity contribution in [1.29, 1.82) is 0 Å². The summed E-state index contributed by atoms with van der Waals surface area (Å²) < 4.78 is 1.12. The van der Waals surface area contributed by atoms with Gasteiger partial charge in [0.05, 0.1) is 0 Å². The van der Waals surface area contributed by atoms with Crippen molar-refractivity contribution in [3.05, 3.63) is 28.2 Å². The number of fused-ring (bicyclic) bond motifs is 1. The van der Waals surface area contributed by atoms with E-state index >= 15 is 0 Å². The molecule has 1 nitrogen and oxygen atoms in total. The van der Waals surface area contributed by atoms with E-state index in [-0.39, 0.29) is 18.4 Å². The molecule has 0 radical (unpaired) electrons. The number of hydrogen-bond acceptors (Lipinski definition) is 2. The lowest BCUT2D eigenvalue weighted by atomic mass is 10.1. The summed E-state index contributed by atoms with van der Waals surface area (Å²) in [5.74, 6) is 1.15. The monoisotopic (exact) mass is 279 g/mol. The van der Waals surface area contributed by atoms with Crippen molar-refractivity contribution >= 4 is 40.1 Å². The minimum atomic E-state index is 0. The van der Waals surface area contributed by atoms with Gasteiger partial charge >= 0.3 is 0 Å². The van der Waals surface area contributed by atoms with Crippen molar-refractivity contribution in [2.45, 2.75) is 17.4 Å². The minimum Gasteiger partial charge on any atom is -0.324 e. The van der Waals surface area contributed by atoms with Gasteiger partial charge in [-0.2, -0.15) is 0 Å². The average molecular weight is 281 g/mol. The highest BCUT2D eigenvalue weighted by molar-refractivity contribution is 9.10. The lowest BCUT2D eigenvalue weighted by Gasteiger charge is -2.21. The zero-order valence-corrected chi connectivity index (χ0v) is 10.2. The molecule has 0 aliphatic carbocycles. The summed E-state index contributed by atoms with van der Waals surface area (Å²) in [5, 5.41) is 0. The van der Waals surface area contributed by atoms with Crippen LogP contribution in [-0.4, -0.2) is 5.75 Å². The second kappa shape index (κ2) is 4.69. The first kappa shape index (κ1) is 11.4. The van der Waals surface area contributed by atoms with Crippen molar-refractivity contribution in [2.75, 3.05) is 5.75 Å². The van der Waals surface area contributed by atoms with Gasteiger partial charge in [-0.05, 0) is 35.9 Å². The number of benzene rings is 1. The summed E-state index contributed by atoms with van der Waals surface area (Å²) in [6, 6.07) is 6.58. The first-order chi connectivity index (χ1) is 5.77. The Morgan fingerprint density at radius 1 is 1.46 bits per heavy atom. The molecule has 0 bridgehead atoms. The van der Waals surface area contributed by atoms with Gasteiger partial charge in [0, 0.05) is 15.4 Å². The largest absolute Gasteiger partial charge is 0.324 e. The van der Waals surface area contributed by atoms with Gasteiger partial charge in [0.2, 0.25) is 0 Å². The summed E-state index contributed by atoms with van der Waals surface area (Å²) in [6.45, 7) is 0. The molecule has 1 aliphatic rings. The number of halogens is 2. The van der Waals surface area contributed by atoms with Gasteiger partial charge in [-0.15, -0.1) is 24.2 Å². The van der Waals surface area contributed by atoms with Gasteiger partial charge in [-0.1, -0.05) is 15.9 Å². The van der Waals surface area contributed by atoms with Gasteiger partial charge in [0.15, 0.2) is 0 Å². The molecule has 13 heavy (non-hydrogen) atoms. The quantitative estimate of drug-likeness (QED) is 0.788. The highest BCUT2D eigenvalue weighted by Crippen LogP contribution is 2.36. The van der Waals surface area contributed by atoms with Crippen molar-refractivity contribution in [3.63, 3.8) is 0 Å². The SMILES string of the molecule is Cl.NC1CCSc2ccc(Br)cc21. The molecule has 4 heteroatoms. The van der Waals surface area contributed by atoms with Crippen LogP contribution < -0.4 is 5.73 Å². The maximum absolute atomic E-state index is 5.98. The Kier molecular flexibility index (Phi) is 4.10. The molecular weight excluding hydrogens is 270 g/mol. The fourth-order valence-corrected chi connectivity index (χ4v) is 2.90. The number of rotatable bonds is 0. The van der Waals surface area contributed by atoms with E-state index in [0.717, 1.165) is 16.6 Å². The van der Waals surface area contributed by atoms with Crippen LogP contribution in [-0.2, 0) is 0 Å². The first-order valence-corrected chi connectivity index (χ1v) is 5.73. The molecular formula is C9H11BrClNS. The third kappa shape index (κ3) is 2.40. The Labute approximate surface area is 97.0 Å². The summed E-state index contributed by atoms with van der Waals surface area (Å²) in [5.41, 5.74) is 7.27. The van der Waals surface area contributed by atoms with Gasteiger partial charge in [-0.25, -0.2) is 0 Å². The molecule has 2 N–H and O–H groups in total. The minimum absolute atomic E-state index is 0. The summed E-state index contributed by atoms with van der Waals surface area (Å²) >= 11 is 5.35. The van der Waals surface area contributed by atoms with Crippen molar-refractivity contribution in [1.82, 2.24) is 0 Å². The molecule has 0 aromatic heterocycles. The smallest absolute Gasteiger partial charge is 0.0314 e. The number of thioether (sulfide) groups is 1. The maximum Gasteiger partial charge on any atom is 0.0314 e. The molecule has 1 aliphatic heterocycles. The Bertz CT molecular complexity index is 306. The van der Waals surface area contributed by atoms with Crippen LogP contribution in [0.15, 0.2) is 27.6 Å². The summed E-state index contributed by atoms with van der Waals surface area (Å²) in [4.78, 5) is 1.34. The molecule has 0 saturated carbocycles. The molecule has 1 aromatic carbocycles. The van der Waals surface area contributed by atoms with E-state index in [1.54, 1.807) is 0 Å². The average Bonchev–Trinajstić information content (AvgIpc) is 2.07. The fourth-order valence-electron chi connectivity index (χ4n) is 1.39. The molecule has 0 amide bonds. The molecule has 0 fully saturated rings. The third-order valence-corrected chi connectivity index (χ3v) is 3.67. The van der Waals surface area contributed by atoms with Gasteiger partial charge in [0.1, 0.15) is 0 Å². The van der Waals surface area contributed by atoms with E-state index < -0.39 is 0 Å². The Morgan fingerprint density at radius 3 is 3.00 bits per heavy atom. The summed E-state index contributed by atoms with van der Waals surface area (Å²) in [6.07, 6.45) is 1.09. The van der Waals surface area contributed by atoms with Crippen LogP contribution in [0.3, 0.4) is 0 Å². The molecule has 1 atom stereocenters. The molecule has 1 heterocycles. The zero-order valence-electron chi connectivity index (χ0n) is 7.00. The highest BCUT2D eigenvalue weighted by atomic mass is 79.9. The fraction of sp³-hybridized carbons (Fsp3) is 0.333. The third-order valence-electron chi connectivity index (χ3n) is 2.06. The van der Waals surface area contributed by atoms with Crippen molar-refractivity contribution in [2.24, 2.45) is 5.73 Å². The maximum atomic E-state index is 5.98. The van der Waals surface area contributed by atoms with Crippen molar-refractivity contribution in [3.8, 4) is 0 Å². The topological polar surface area (TPSA) is 26.0 Å². The lowest BCUT2D eigenvalue weighted by molar-refractivity contribution is 0.680.